The maximum Gasteiger partial charge on any atom is 0.331 e. The van der Waals surface area contributed by atoms with Gasteiger partial charge in [-0.3, -0.25) is 14.4 Å². The molecule has 0 bridgehead atoms. The van der Waals surface area contributed by atoms with E-state index in [1.54, 1.807) is 51.1 Å². The van der Waals surface area contributed by atoms with Crippen molar-refractivity contribution < 1.29 is 126 Å². The highest BCUT2D eigenvalue weighted by atomic mass is 16.8. The number of hydrogen-bond acceptors (Lipinski definition) is 26. The van der Waals surface area contributed by atoms with Crippen molar-refractivity contribution in [3.8, 4) is 0 Å². The van der Waals surface area contributed by atoms with E-state index in [1.165, 1.54) is 39.7 Å². The van der Waals surface area contributed by atoms with Crippen LogP contribution < -0.4 is 0 Å². The molecule has 6 aliphatic rings. The smallest absolute Gasteiger partial charge is 0.331 e. The zero-order chi connectivity index (χ0) is 71.0. The molecule has 0 saturated carbocycles. The van der Waals surface area contributed by atoms with Crippen LogP contribution in [0.5, 0.6) is 0 Å². The van der Waals surface area contributed by atoms with E-state index in [2.05, 4.69) is 13.8 Å². The fourth-order valence-corrected chi connectivity index (χ4v) is 13.4. The fraction of sp³-hybridized carbons (Fsp3) is 0.833. The van der Waals surface area contributed by atoms with Gasteiger partial charge in [0.1, 0.15) is 73.2 Å². The standard InChI is InChI=1S/C72H116O26/c1-9-12-14-15-16-17-20-23-30-36-49(74)91-59-43(6)86-70(63(57(59)82)93-51(76)39-38-46-32-27-25-28-33-46)96-61-45(8)88-72(66(94-67(84)41(4)11-3)65(61)98-68-56(81)54(79)53(78)48(40-73)90-68)95-60-44(7)87-71-64(58(60)83)92-50(75)37-31-24-21-18-19-22-29-35-47(34-26-13-10-2)89-69-62(97-71)55(80)52(77)42(5)85-69/h25,27-28,32-33,38-39,41-45,47-48,52-66,68-73,77-83H,9-24,26,29-31,34-37,40H2,1-8H3/t41-,42+,43-,44-,45-,47-,48+,52-,53+,54-,55-,56+,57+,58+,59-,60-,61-,62+,63+,64+,65+,66+,68-,69-,70-,71-,72-/m0/s1. The molecule has 0 amide bonds. The minimum absolute atomic E-state index is 0.0345. The van der Waals surface area contributed by atoms with Crippen molar-refractivity contribution >= 4 is 30.0 Å². The molecule has 27 atom stereocenters. The number of aliphatic hydroxyl groups excluding tert-OH is 8. The summed E-state index contributed by atoms with van der Waals surface area (Å²) in [4.78, 5) is 55.9. The molecule has 8 N–H and O–H groups in total. The summed E-state index contributed by atoms with van der Waals surface area (Å²) in [7, 11) is 0. The highest BCUT2D eigenvalue weighted by molar-refractivity contribution is 5.87. The molecule has 6 heterocycles. The van der Waals surface area contributed by atoms with Crippen LogP contribution in [-0.4, -0.2) is 231 Å². The van der Waals surface area contributed by atoms with Gasteiger partial charge in [-0.15, -0.1) is 0 Å². The van der Waals surface area contributed by atoms with Gasteiger partial charge in [-0.1, -0.05) is 167 Å². The molecule has 1 aromatic carbocycles. The number of carbonyl (C=O) groups is 4. The monoisotopic (exact) mass is 1400 g/mol. The predicted molar refractivity (Wildman–Crippen MR) is 351 cm³/mol. The number of hydrogen-bond donors (Lipinski definition) is 8. The first-order valence-electron chi connectivity index (χ1n) is 36.5. The first kappa shape index (κ1) is 81.4. The van der Waals surface area contributed by atoms with Crippen molar-refractivity contribution in [2.75, 3.05) is 6.61 Å². The molecule has 7 rings (SSSR count). The summed E-state index contributed by atoms with van der Waals surface area (Å²) < 4.78 is 89.4. The number of benzene rings is 1. The lowest BCUT2D eigenvalue weighted by atomic mass is 9.95. The number of fused-ring (bicyclic) bond motifs is 2. The lowest BCUT2D eigenvalue weighted by Crippen LogP contribution is -2.68. The summed E-state index contributed by atoms with van der Waals surface area (Å²) in [5.41, 5.74) is 0.633. The summed E-state index contributed by atoms with van der Waals surface area (Å²) in [6.45, 7) is 12.8. The summed E-state index contributed by atoms with van der Waals surface area (Å²) in [6.07, 6.45) is -19.1. The minimum atomic E-state index is -2.06. The van der Waals surface area contributed by atoms with E-state index in [-0.39, 0.29) is 25.4 Å². The van der Waals surface area contributed by atoms with E-state index in [4.69, 9.17) is 66.3 Å². The number of carbonyl (C=O) groups excluding carboxylic acids is 4. The average molecular weight is 1400 g/mol. The predicted octanol–water partition coefficient (Wildman–Crippen LogP) is 6.57. The number of esters is 4. The Hall–Kier alpha value is -3.88. The van der Waals surface area contributed by atoms with E-state index in [0.717, 1.165) is 102 Å². The van der Waals surface area contributed by atoms with Gasteiger partial charge in [0.15, 0.2) is 55.9 Å². The molecule has 6 fully saturated rings. The molecule has 26 heteroatoms. The van der Waals surface area contributed by atoms with Crippen molar-refractivity contribution in [1.29, 1.82) is 0 Å². The van der Waals surface area contributed by atoms with Gasteiger partial charge < -0.3 is 107 Å². The average Bonchev–Trinajstić information content (AvgIpc) is 0.765. The number of rotatable bonds is 28. The van der Waals surface area contributed by atoms with Crippen LogP contribution in [0.2, 0.25) is 0 Å². The SMILES string of the molecule is CCCCCCCCCCCC(=O)O[C@@H]1[C@@H](O)[C@@H](OC(=O)C=Cc2ccccc2)[C@H](O[C@@H]2[C@@H](O[C@@H]3O[C@H](CO)[C@@H](O)[C@H](O)[C@H]3O)[C@@H](OC(=O)[C@@H](C)CC)[C@H](O[C@@H]3[C@@H](O)[C@H]4OC(=O)CCCCCCCCC[C@H](CCCCC)O[C@@H]5O[C@H](C)[C@H](O)[C@H](O)[C@H]5O[C@@H]4O[C@H]3C)O[C@H]2C)O[C@H]1C. The fourth-order valence-electron chi connectivity index (χ4n) is 13.4. The quantitative estimate of drug-likeness (QED) is 0.0190. The zero-order valence-corrected chi connectivity index (χ0v) is 58.7. The molecule has 0 radical (unpaired) electrons. The van der Waals surface area contributed by atoms with Gasteiger partial charge in [-0.25, -0.2) is 4.79 Å². The van der Waals surface area contributed by atoms with Crippen molar-refractivity contribution in [2.45, 2.75) is 369 Å². The van der Waals surface area contributed by atoms with Crippen LogP contribution in [0.15, 0.2) is 36.4 Å². The van der Waals surface area contributed by atoms with Gasteiger partial charge >= 0.3 is 23.9 Å². The van der Waals surface area contributed by atoms with Gasteiger partial charge in [0.25, 0.3) is 0 Å². The largest absolute Gasteiger partial charge is 0.457 e. The van der Waals surface area contributed by atoms with Crippen molar-refractivity contribution in [2.24, 2.45) is 5.92 Å². The molecule has 6 aliphatic heterocycles. The van der Waals surface area contributed by atoms with Crippen LogP contribution >= 0.6 is 0 Å². The van der Waals surface area contributed by atoms with Gasteiger partial charge in [0.2, 0.25) is 0 Å². The molecule has 98 heavy (non-hydrogen) atoms. The second-order valence-corrected chi connectivity index (χ2v) is 27.5. The second kappa shape index (κ2) is 41.4. The third-order valence-electron chi connectivity index (χ3n) is 19.6. The van der Waals surface area contributed by atoms with Crippen LogP contribution in [-0.2, 0) is 85.5 Å². The Morgan fingerprint density at radius 3 is 1.78 bits per heavy atom. The normalized spacial score (nSPS) is 38.3. The maximum atomic E-state index is 14.4. The summed E-state index contributed by atoms with van der Waals surface area (Å²) in [6, 6.07) is 8.82. The van der Waals surface area contributed by atoms with E-state index in [9.17, 15) is 60.0 Å². The molecule has 1 aromatic rings. The van der Waals surface area contributed by atoms with Gasteiger partial charge in [0, 0.05) is 18.9 Å². The summed E-state index contributed by atoms with van der Waals surface area (Å²) in [5.74, 6) is -3.99. The Balaban J connectivity index is 1.23. The molecular weight excluding hydrogens is 1280 g/mol. The van der Waals surface area contributed by atoms with Crippen molar-refractivity contribution in [3.63, 3.8) is 0 Å². The molecule has 0 aliphatic carbocycles. The Bertz CT molecular complexity index is 2510. The van der Waals surface area contributed by atoms with E-state index >= 15 is 0 Å². The number of aliphatic hydroxyl groups is 8. The van der Waals surface area contributed by atoms with Crippen LogP contribution in [0.3, 0.4) is 0 Å². The van der Waals surface area contributed by atoms with E-state index in [0.29, 0.717) is 31.2 Å². The maximum absolute atomic E-state index is 14.4. The molecule has 0 spiro atoms. The summed E-state index contributed by atoms with van der Waals surface area (Å²) in [5, 5.41) is 92.3. The molecule has 560 valence electrons. The van der Waals surface area contributed by atoms with E-state index < -0.39 is 190 Å². The number of unbranched alkanes of at least 4 members (excludes halogenated alkanes) is 10. The lowest BCUT2D eigenvalue weighted by Gasteiger charge is -2.51. The lowest BCUT2D eigenvalue weighted by molar-refractivity contribution is -0.400. The summed E-state index contributed by atoms with van der Waals surface area (Å²) >= 11 is 0. The highest BCUT2D eigenvalue weighted by Crippen LogP contribution is 2.40. The van der Waals surface area contributed by atoms with Crippen LogP contribution in [0.4, 0.5) is 0 Å². The van der Waals surface area contributed by atoms with Gasteiger partial charge in [0.05, 0.1) is 43.0 Å². The minimum Gasteiger partial charge on any atom is -0.457 e. The van der Waals surface area contributed by atoms with Crippen molar-refractivity contribution in [3.05, 3.63) is 42.0 Å². The molecular formula is C72H116O26. The van der Waals surface area contributed by atoms with Gasteiger partial charge in [-0.05, 0) is 71.4 Å². The Morgan fingerprint density at radius 1 is 0.520 bits per heavy atom. The zero-order valence-electron chi connectivity index (χ0n) is 58.7. The molecule has 26 nitrogen and oxygen atoms in total. The first-order valence-corrected chi connectivity index (χ1v) is 36.5. The Morgan fingerprint density at radius 2 is 1.10 bits per heavy atom. The molecule has 0 unspecified atom stereocenters. The van der Waals surface area contributed by atoms with Crippen LogP contribution in [0.1, 0.15) is 215 Å². The second-order valence-electron chi connectivity index (χ2n) is 27.5. The topological polar surface area (TPSA) is 359 Å². The van der Waals surface area contributed by atoms with Crippen LogP contribution in [0.25, 0.3) is 6.08 Å². The van der Waals surface area contributed by atoms with Crippen molar-refractivity contribution in [1.82, 2.24) is 0 Å². The van der Waals surface area contributed by atoms with Gasteiger partial charge in [-0.2, -0.15) is 0 Å². The Kier molecular flexibility index (Phi) is 34.4. The first-order chi connectivity index (χ1) is 47.1. The highest BCUT2D eigenvalue weighted by Gasteiger charge is 2.59. The third-order valence-corrected chi connectivity index (χ3v) is 19.6. The Labute approximate surface area is 577 Å². The number of ether oxygens (including phenoxy) is 14. The third kappa shape index (κ3) is 23.3. The molecule has 6 saturated heterocycles. The van der Waals surface area contributed by atoms with Crippen LogP contribution in [0, 0.1) is 5.92 Å². The molecule has 0 aromatic heterocycles. The van der Waals surface area contributed by atoms with E-state index in [1.807, 2.05) is 0 Å².